The van der Waals surface area contributed by atoms with Gasteiger partial charge in [-0.05, 0) is 76.3 Å². The number of hydrogen-bond acceptors (Lipinski definition) is 7. The first kappa shape index (κ1) is 24.4. The lowest BCUT2D eigenvalue weighted by Crippen LogP contribution is -2.34. The highest BCUT2D eigenvalue weighted by molar-refractivity contribution is 7.99. The molecular formula is C27H32N2O4S. The van der Waals surface area contributed by atoms with E-state index in [4.69, 9.17) is 9.15 Å². The van der Waals surface area contributed by atoms with Crippen molar-refractivity contribution in [2.75, 3.05) is 23.7 Å². The van der Waals surface area contributed by atoms with Crippen LogP contribution >= 0.6 is 11.8 Å². The maximum Gasteiger partial charge on any atom is 0.349 e. The lowest BCUT2D eigenvalue weighted by Gasteiger charge is -2.37. The fourth-order valence-corrected chi connectivity index (χ4v) is 5.96. The Kier molecular flexibility index (Phi) is 7.09. The number of nitrogens with zero attached hydrogens (tertiary/aromatic N) is 2. The van der Waals surface area contributed by atoms with Crippen LogP contribution in [-0.4, -0.2) is 30.4 Å². The molecule has 2 aliphatic rings. The van der Waals surface area contributed by atoms with Crippen LogP contribution in [-0.2, 0) is 22.4 Å². The number of esters is 1. The number of hydrogen-bond donors (Lipinski definition) is 0. The van der Waals surface area contributed by atoms with Gasteiger partial charge in [0.25, 0.3) is 0 Å². The molecule has 0 fully saturated rings. The second kappa shape index (κ2) is 9.87. The summed E-state index contributed by atoms with van der Waals surface area (Å²) in [5.74, 6) is 0.0955. The van der Waals surface area contributed by atoms with Crippen molar-refractivity contribution in [2.24, 2.45) is 0 Å². The number of aryl methyl sites for hydroxylation is 2. The lowest BCUT2D eigenvalue weighted by molar-refractivity contribution is -0.149. The molecule has 1 aromatic carbocycles. The summed E-state index contributed by atoms with van der Waals surface area (Å²) in [5, 5.41) is 10.6. The highest BCUT2D eigenvalue weighted by Gasteiger charge is 2.29. The van der Waals surface area contributed by atoms with Gasteiger partial charge in [0.05, 0.1) is 5.56 Å². The van der Waals surface area contributed by atoms with E-state index in [2.05, 4.69) is 17.9 Å². The molecule has 0 spiro atoms. The van der Waals surface area contributed by atoms with Crippen LogP contribution in [0.4, 0.5) is 5.69 Å². The molecule has 0 saturated heterocycles. The van der Waals surface area contributed by atoms with Crippen LogP contribution in [0.25, 0.3) is 17.0 Å². The first-order chi connectivity index (χ1) is 16.2. The van der Waals surface area contributed by atoms with Gasteiger partial charge in [-0.25, -0.2) is 9.59 Å². The SMILES string of the molecule is CCCCSc1c(/C=C(\C#N)C(=O)OC(C)(C)C)c(=O)oc2c3c4c(cc12)CCCN4CCC3. The van der Waals surface area contributed by atoms with E-state index >= 15 is 0 Å². The van der Waals surface area contributed by atoms with E-state index in [-0.39, 0.29) is 11.1 Å². The molecule has 4 rings (SSSR count). The molecule has 7 heteroatoms. The molecule has 0 amide bonds. The molecule has 2 aromatic rings. The third kappa shape index (κ3) is 4.88. The summed E-state index contributed by atoms with van der Waals surface area (Å²) >= 11 is 1.60. The van der Waals surface area contributed by atoms with Crippen molar-refractivity contribution in [1.29, 1.82) is 5.26 Å². The van der Waals surface area contributed by atoms with Gasteiger partial charge in [0.2, 0.25) is 0 Å². The molecule has 0 bridgehead atoms. The lowest BCUT2D eigenvalue weighted by atomic mass is 9.90. The number of benzene rings is 1. The first-order valence-corrected chi connectivity index (χ1v) is 13.1. The van der Waals surface area contributed by atoms with E-state index in [1.54, 1.807) is 32.5 Å². The van der Waals surface area contributed by atoms with Gasteiger partial charge in [-0.2, -0.15) is 5.26 Å². The number of rotatable bonds is 6. The number of nitriles is 1. The minimum absolute atomic E-state index is 0.204. The Balaban J connectivity index is 1.93. The fourth-order valence-electron chi connectivity index (χ4n) is 4.71. The second-order valence-electron chi connectivity index (χ2n) is 9.94. The van der Waals surface area contributed by atoms with Gasteiger partial charge in [0.1, 0.15) is 22.8 Å². The average Bonchev–Trinajstić information content (AvgIpc) is 2.78. The predicted octanol–water partition coefficient (Wildman–Crippen LogP) is 5.63. The van der Waals surface area contributed by atoms with Crippen LogP contribution in [0.1, 0.15) is 70.1 Å². The topological polar surface area (TPSA) is 83.5 Å². The summed E-state index contributed by atoms with van der Waals surface area (Å²) in [7, 11) is 0. The maximum atomic E-state index is 13.3. The van der Waals surface area contributed by atoms with Gasteiger partial charge >= 0.3 is 11.6 Å². The van der Waals surface area contributed by atoms with Crippen molar-refractivity contribution >= 4 is 40.5 Å². The molecule has 0 N–H and O–H groups in total. The zero-order valence-electron chi connectivity index (χ0n) is 20.5. The summed E-state index contributed by atoms with van der Waals surface area (Å²) < 4.78 is 11.3. The third-order valence-electron chi connectivity index (χ3n) is 6.15. The minimum Gasteiger partial charge on any atom is -0.456 e. The molecule has 6 nitrogen and oxygen atoms in total. The van der Waals surface area contributed by atoms with Crippen LogP contribution in [0.3, 0.4) is 0 Å². The number of anilines is 1. The summed E-state index contributed by atoms with van der Waals surface area (Å²) in [6.45, 7) is 9.44. The quantitative estimate of drug-likeness (QED) is 0.132. The Morgan fingerprint density at radius 3 is 2.71 bits per heavy atom. The van der Waals surface area contributed by atoms with Gasteiger partial charge in [-0.3, -0.25) is 0 Å². The van der Waals surface area contributed by atoms with E-state index in [0.29, 0.717) is 5.58 Å². The van der Waals surface area contributed by atoms with Gasteiger partial charge in [-0.15, -0.1) is 11.8 Å². The number of carbonyl (C=O) groups is 1. The molecule has 0 saturated carbocycles. The molecule has 0 aliphatic carbocycles. The van der Waals surface area contributed by atoms with E-state index in [1.807, 2.05) is 6.07 Å². The maximum absolute atomic E-state index is 13.3. The zero-order chi connectivity index (χ0) is 24.5. The zero-order valence-corrected chi connectivity index (χ0v) is 21.3. The summed E-state index contributed by atoms with van der Waals surface area (Å²) in [4.78, 5) is 29.1. The average molecular weight is 481 g/mol. The van der Waals surface area contributed by atoms with Crippen molar-refractivity contribution < 1.29 is 13.9 Å². The molecular weight excluding hydrogens is 448 g/mol. The molecule has 34 heavy (non-hydrogen) atoms. The minimum atomic E-state index is -0.743. The Morgan fingerprint density at radius 1 is 1.29 bits per heavy atom. The standard InChI is InChI=1S/C27H32N2O4S/c1-5-6-13-34-24-20-14-17-9-7-11-29-12-8-10-19(22(17)29)23(20)32-26(31)21(24)15-18(16-28)25(30)33-27(2,3)4/h14-15H,5-13H2,1-4H3/b18-15+. The largest absolute Gasteiger partial charge is 0.456 e. The van der Waals surface area contributed by atoms with Gasteiger partial charge in [0.15, 0.2) is 0 Å². The number of thioether (sulfide) groups is 1. The van der Waals surface area contributed by atoms with E-state index in [0.717, 1.165) is 73.2 Å². The van der Waals surface area contributed by atoms with Crippen LogP contribution < -0.4 is 10.5 Å². The molecule has 2 aliphatic heterocycles. The van der Waals surface area contributed by atoms with Crippen LogP contribution in [0.5, 0.6) is 0 Å². The molecule has 0 radical (unpaired) electrons. The first-order valence-electron chi connectivity index (χ1n) is 12.1. The number of ether oxygens (including phenoxy) is 1. The highest BCUT2D eigenvalue weighted by atomic mass is 32.2. The monoisotopic (exact) mass is 480 g/mol. The van der Waals surface area contributed by atoms with Gasteiger partial charge in [-0.1, -0.05) is 13.3 Å². The third-order valence-corrected chi connectivity index (χ3v) is 7.37. The van der Waals surface area contributed by atoms with Crippen molar-refractivity contribution in [3.8, 4) is 6.07 Å². The molecule has 0 unspecified atom stereocenters. The summed E-state index contributed by atoms with van der Waals surface area (Å²) in [5.41, 5.74) is 3.10. The van der Waals surface area contributed by atoms with E-state index in [9.17, 15) is 14.9 Å². The van der Waals surface area contributed by atoms with Crippen LogP contribution in [0, 0.1) is 11.3 Å². The van der Waals surface area contributed by atoms with Crippen molar-refractivity contribution in [3.63, 3.8) is 0 Å². The van der Waals surface area contributed by atoms with Crippen molar-refractivity contribution in [2.45, 2.75) is 76.7 Å². The Hall–Kier alpha value is -2.72. The smallest absolute Gasteiger partial charge is 0.349 e. The molecule has 1 aromatic heterocycles. The second-order valence-corrected chi connectivity index (χ2v) is 11.0. The predicted molar refractivity (Wildman–Crippen MR) is 136 cm³/mol. The summed E-state index contributed by atoms with van der Waals surface area (Å²) in [6, 6.07) is 4.09. The molecule has 0 atom stereocenters. The van der Waals surface area contributed by atoms with E-state index < -0.39 is 17.2 Å². The Morgan fingerprint density at radius 2 is 2.03 bits per heavy atom. The van der Waals surface area contributed by atoms with Crippen molar-refractivity contribution in [3.05, 3.63) is 38.7 Å². The normalized spacial score (nSPS) is 15.7. The Labute approximate surface area is 204 Å². The van der Waals surface area contributed by atoms with Crippen LogP contribution in [0.2, 0.25) is 0 Å². The number of fused-ring (bicyclic) bond motifs is 2. The van der Waals surface area contributed by atoms with Gasteiger partial charge < -0.3 is 14.1 Å². The van der Waals surface area contributed by atoms with Crippen LogP contribution in [0.15, 0.2) is 25.7 Å². The fraction of sp³-hybridized carbons (Fsp3) is 0.519. The van der Waals surface area contributed by atoms with E-state index in [1.165, 1.54) is 17.3 Å². The number of carbonyl (C=O) groups excluding carboxylic acids is 1. The highest BCUT2D eigenvalue weighted by Crippen LogP contribution is 2.43. The summed E-state index contributed by atoms with van der Waals surface area (Å²) in [6.07, 6.45) is 7.41. The molecule has 180 valence electrons. The van der Waals surface area contributed by atoms with Crippen molar-refractivity contribution in [1.82, 2.24) is 0 Å². The van der Waals surface area contributed by atoms with Gasteiger partial charge in [0, 0.05) is 34.6 Å². The molecule has 3 heterocycles. The Bertz CT molecular complexity index is 1240. The number of unbranched alkanes of at least 4 members (excludes halogenated alkanes) is 1.